The molecule has 0 atom stereocenters. The molecule has 0 saturated carbocycles. The topological polar surface area (TPSA) is 57.7 Å². The van der Waals surface area contributed by atoms with Gasteiger partial charge in [-0.2, -0.15) is 13.2 Å². The van der Waals surface area contributed by atoms with Crippen molar-refractivity contribution in [3.63, 3.8) is 0 Å². The fourth-order valence-corrected chi connectivity index (χ4v) is 1.61. The Morgan fingerprint density at radius 2 is 1.64 bits per heavy atom. The maximum absolute atomic E-state index is 12.8. The lowest BCUT2D eigenvalue weighted by Gasteiger charge is -2.25. The number of carbonyl (C=O) groups excluding carboxylic acids is 3. The summed E-state index contributed by atoms with van der Waals surface area (Å²) in [6, 6.07) is 4.58. The summed E-state index contributed by atoms with van der Waals surface area (Å²) in [6.45, 7) is -2.77. The van der Waals surface area contributed by atoms with E-state index in [-0.39, 0.29) is 18.4 Å². The first-order valence-electron chi connectivity index (χ1n) is 6.00. The molecule has 5 nitrogen and oxygen atoms in total. The van der Waals surface area contributed by atoms with Crippen LogP contribution >= 0.6 is 0 Å². The molecule has 22 heavy (non-hydrogen) atoms. The van der Waals surface area contributed by atoms with Gasteiger partial charge in [0.1, 0.15) is 18.9 Å². The van der Waals surface area contributed by atoms with Crippen molar-refractivity contribution in [2.45, 2.75) is 12.7 Å². The third kappa shape index (κ3) is 5.90. The highest BCUT2D eigenvalue weighted by Crippen LogP contribution is 2.18. The molecule has 0 fully saturated rings. The number of imide groups is 1. The zero-order chi connectivity index (χ0) is 16.8. The second-order valence-corrected chi connectivity index (χ2v) is 4.37. The lowest BCUT2D eigenvalue weighted by Crippen LogP contribution is -2.43. The van der Waals surface area contributed by atoms with Gasteiger partial charge in [-0.05, 0) is 17.7 Å². The van der Waals surface area contributed by atoms with Crippen LogP contribution in [0.2, 0.25) is 0 Å². The van der Waals surface area contributed by atoms with E-state index in [0.29, 0.717) is 9.80 Å². The molecule has 0 aliphatic carbocycles. The summed E-state index contributed by atoms with van der Waals surface area (Å²) in [5.74, 6) is -1.62. The molecule has 3 amide bonds. The van der Waals surface area contributed by atoms with Crippen LogP contribution in [0, 0.1) is 5.82 Å². The largest absolute Gasteiger partial charge is 0.406 e. The number of hydrogen-bond acceptors (Lipinski definition) is 3. The Balaban J connectivity index is 2.87. The highest BCUT2D eigenvalue weighted by molar-refractivity contribution is 5.84. The molecular weight excluding hydrogens is 308 g/mol. The minimum atomic E-state index is -4.65. The zero-order valence-electron chi connectivity index (χ0n) is 11.2. The van der Waals surface area contributed by atoms with E-state index < -0.39 is 37.5 Å². The Kier molecular flexibility index (Phi) is 6.02. The Morgan fingerprint density at radius 1 is 1.09 bits per heavy atom. The van der Waals surface area contributed by atoms with Crippen LogP contribution in [0.3, 0.4) is 0 Å². The van der Waals surface area contributed by atoms with Gasteiger partial charge in [-0.3, -0.25) is 19.3 Å². The summed E-state index contributed by atoms with van der Waals surface area (Å²) in [5, 5.41) is 0. The molecule has 0 heterocycles. The van der Waals surface area contributed by atoms with Crippen LogP contribution in [0.1, 0.15) is 5.56 Å². The van der Waals surface area contributed by atoms with Crippen LogP contribution in [0.4, 0.5) is 17.6 Å². The second kappa shape index (κ2) is 7.53. The van der Waals surface area contributed by atoms with Gasteiger partial charge in [-0.15, -0.1) is 0 Å². The quantitative estimate of drug-likeness (QED) is 0.563. The van der Waals surface area contributed by atoms with Crippen LogP contribution < -0.4 is 0 Å². The fraction of sp³-hybridized carbons (Fsp3) is 0.308. The van der Waals surface area contributed by atoms with Gasteiger partial charge in [-0.25, -0.2) is 4.39 Å². The van der Waals surface area contributed by atoms with Crippen molar-refractivity contribution in [2.24, 2.45) is 0 Å². The SMILES string of the molecule is O=CN(C=O)CC(=O)N(Cc1ccc(F)cc1)CC(F)(F)F. The van der Waals surface area contributed by atoms with Gasteiger partial charge < -0.3 is 4.90 Å². The van der Waals surface area contributed by atoms with Gasteiger partial charge in [0.05, 0.1) is 0 Å². The molecule has 120 valence electrons. The second-order valence-electron chi connectivity index (χ2n) is 4.37. The van der Waals surface area contributed by atoms with E-state index in [1.54, 1.807) is 0 Å². The first-order chi connectivity index (χ1) is 10.2. The lowest BCUT2D eigenvalue weighted by molar-refractivity contribution is -0.163. The minimum Gasteiger partial charge on any atom is -0.328 e. The summed E-state index contributed by atoms with van der Waals surface area (Å²) < 4.78 is 50.4. The summed E-state index contributed by atoms with van der Waals surface area (Å²) in [6.07, 6.45) is -4.58. The molecule has 0 aromatic heterocycles. The third-order valence-electron chi connectivity index (χ3n) is 2.60. The molecule has 0 bridgehead atoms. The first kappa shape index (κ1) is 17.6. The van der Waals surface area contributed by atoms with Crippen LogP contribution in [-0.4, -0.2) is 47.8 Å². The van der Waals surface area contributed by atoms with E-state index in [9.17, 15) is 31.9 Å². The summed E-state index contributed by atoms with van der Waals surface area (Å²) in [4.78, 5) is 33.5. The molecule has 0 aliphatic heterocycles. The van der Waals surface area contributed by atoms with Crippen molar-refractivity contribution < 1.29 is 31.9 Å². The molecule has 1 aromatic carbocycles. The van der Waals surface area contributed by atoms with Crippen molar-refractivity contribution in [2.75, 3.05) is 13.1 Å². The first-order valence-corrected chi connectivity index (χ1v) is 6.00. The highest BCUT2D eigenvalue weighted by atomic mass is 19.4. The molecule has 9 heteroatoms. The summed E-state index contributed by atoms with van der Waals surface area (Å²) >= 11 is 0. The van der Waals surface area contributed by atoms with E-state index in [4.69, 9.17) is 0 Å². The van der Waals surface area contributed by atoms with Crippen LogP contribution in [0.25, 0.3) is 0 Å². The van der Waals surface area contributed by atoms with Gasteiger partial charge in [-0.1, -0.05) is 12.1 Å². The third-order valence-corrected chi connectivity index (χ3v) is 2.60. The number of hydrogen-bond donors (Lipinski definition) is 0. The Morgan fingerprint density at radius 3 is 2.09 bits per heavy atom. The minimum absolute atomic E-state index is 0.0363. The normalized spacial score (nSPS) is 10.9. The van der Waals surface area contributed by atoms with Gasteiger partial charge in [0, 0.05) is 6.54 Å². The van der Waals surface area contributed by atoms with E-state index >= 15 is 0 Å². The Labute approximate surface area is 123 Å². The molecule has 0 saturated heterocycles. The van der Waals surface area contributed by atoms with Crippen LogP contribution in [-0.2, 0) is 20.9 Å². The van der Waals surface area contributed by atoms with E-state index in [1.165, 1.54) is 12.1 Å². The lowest BCUT2D eigenvalue weighted by atomic mass is 10.2. The van der Waals surface area contributed by atoms with Crippen LogP contribution in [0.15, 0.2) is 24.3 Å². The van der Waals surface area contributed by atoms with E-state index in [1.807, 2.05) is 0 Å². The molecule has 1 rings (SSSR count). The number of nitrogens with zero attached hydrogens (tertiary/aromatic N) is 2. The fourth-order valence-electron chi connectivity index (χ4n) is 1.61. The standard InChI is InChI=1S/C13H12F4N2O3/c14-11-3-1-10(2-4-11)5-19(7-13(15,16)17)12(22)6-18(8-20)9-21/h1-4,8-9H,5-7H2. The monoisotopic (exact) mass is 320 g/mol. The van der Waals surface area contributed by atoms with E-state index in [2.05, 4.69) is 0 Å². The number of benzene rings is 1. The van der Waals surface area contributed by atoms with Crippen molar-refractivity contribution in [1.82, 2.24) is 9.80 Å². The molecular formula is C13H12F4N2O3. The molecule has 1 aromatic rings. The molecule has 0 radical (unpaired) electrons. The van der Waals surface area contributed by atoms with Crippen molar-refractivity contribution in [3.8, 4) is 0 Å². The number of halogens is 4. The van der Waals surface area contributed by atoms with Gasteiger partial charge in [0.2, 0.25) is 18.7 Å². The molecule has 0 aliphatic rings. The maximum atomic E-state index is 12.8. The number of amides is 3. The van der Waals surface area contributed by atoms with Crippen LogP contribution in [0.5, 0.6) is 0 Å². The number of alkyl halides is 3. The Hall–Kier alpha value is -2.45. The molecule has 0 spiro atoms. The zero-order valence-corrected chi connectivity index (χ0v) is 11.2. The van der Waals surface area contributed by atoms with Crippen molar-refractivity contribution in [1.29, 1.82) is 0 Å². The average molecular weight is 320 g/mol. The Bertz CT molecular complexity index is 523. The number of carbonyl (C=O) groups is 3. The smallest absolute Gasteiger partial charge is 0.328 e. The summed E-state index contributed by atoms with van der Waals surface area (Å²) in [5.41, 5.74) is 0.280. The average Bonchev–Trinajstić information content (AvgIpc) is 2.44. The highest BCUT2D eigenvalue weighted by Gasteiger charge is 2.33. The van der Waals surface area contributed by atoms with Gasteiger partial charge in [0.15, 0.2) is 0 Å². The molecule has 0 unspecified atom stereocenters. The van der Waals surface area contributed by atoms with Gasteiger partial charge in [0.25, 0.3) is 0 Å². The van der Waals surface area contributed by atoms with Crippen molar-refractivity contribution in [3.05, 3.63) is 35.6 Å². The van der Waals surface area contributed by atoms with E-state index in [0.717, 1.165) is 12.1 Å². The predicted molar refractivity (Wildman–Crippen MR) is 66.7 cm³/mol. The van der Waals surface area contributed by atoms with Gasteiger partial charge >= 0.3 is 6.18 Å². The summed E-state index contributed by atoms with van der Waals surface area (Å²) in [7, 11) is 0. The maximum Gasteiger partial charge on any atom is 0.406 e. The predicted octanol–water partition coefficient (Wildman–Crippen LogP) is 1.33. The number of rotatable bonds is 7. The molecule has 0 N–H and O–H groups in total. The van der Waals surface area contributed by atoms with Crippen molar-refractivity contribution >= 4 is 18.7 Å².